The van der Waals surface area contributed by atoms with Gasteiger partial charge in [0.2, 0.25) is 5.95 Å². The normalized spacial score (nSPS) is 19.8. The molecule has 3 aliphatic rings. The highest BCUT2D eigenvalue weighted by molar-refractivity contribution is 5.49. The fourth-order valence-corrected chi connectivity index (χ4v) is 4.56. The molecule has 5 rings (SSSR count). The molecule has 0 N–H and O–H groups in total. The predicted molar refractivity (Wildman–Crippen MR) is 111 cm³/mol. The zero-order chi connectivity index (χ0) is 18.9. The first-order valence-corrected chi connectivity index (χ1v) is 10.7. The number of hydrogen-bond acceptors (Lipinski definition) is 7. The monoisotopic (exact) mass is 379 g/mol. The van der Waals surface area contributed by atoms with Crippen LogP contribution in [-0.4, -0.2) is 59.4 Å². The maximum Gasteiger partial charge on any atom is 0.227 e. The number of aromatic nitrogens is 4. The van der Waals surface area contributed by atoms with Crippen LogP contribution in [0.2, 0.25) is 0 Å². The van der Waals surface area contributed by atoms with Gasteiger partial charge >= 0.3 is 0 Å². The summed E-state index contributed by atoms with van der Waals surface area (Å²) in [5.74, 6) is 2.99. The molecule has 1 aliphatic carbocycles. The molecule has 0 atom stereocenters. The number of anilines is 3. The highest BCUT2D eigenvalue weighted by Crippen LogP contribution is 2.25. The van der Waals surface area contributed by atoms with Gasteiger partial charge in [-0.1, -0.05) is 0 Å². The highest BCUT2D eigenvalue weighted by Gasteiger charge is 2.23. The molecule has 0 saturated carbocycles. The minimum absolute atomic E-state index is 0.873. The van der Waals surface area contributed by atoms with Gasteiger partial charge in [0.1, 0.15) is 5.82 Å². The van der Waals surface area contributed by atoms with Crippen LogP contribution in [0.15, 0.2) is 12.1 Å². The topological polar surface area (TPSA) is 61.3 Å². The highest BCUT2D eigenvalue weighted by atomic mass is 15.4. The molecule has 148 valence electrons. The van der Waals surface area contributed by atoms with Crippen LogP contribution >= 0.6 is 0 Å². The van der Waals surface area contributed by atoms with Gasteiger partial charge in [0.05, 0.1) is 5.69 Å². The van der Waals surface area contributed by atoms with Gasteiger partial charge in [0.25, 0.3) is 0 Å². The van der Waals surface area contributed by atoms with E-state index in [1.807, 2.05) is 0 Å². The van der Waals surface area contributed by atoms with Crippen molar-refractivity contribution in [2.75, 3.05) is 54.0 Å². The molecule has 0 spiro atoms. The molecule has 2 saturated heterocycles. The fourth-order valence-electron chi connectivity index (χ4n) is 4.56. The molecule has 2 aliphatic heterocycles. The van der Waals surface area contributed by atoms with Gasteiger partial charge in [0, 0.05) is 51.0 Å². The van der Waals surface area contributed by atoms with E-state index in [0.29, 0.717) is 0 Å². The summed E-state index contributed by atoms with van der Waals surface area (Å²) in [5, 5.41) is 9.02. The Kier molecular flexibility index (Phi) is 4.74. The average Bonchev–Trinajstić information content (AvgIpc) is 3.28. The van der Waals surface area contributed by atoms with Gasteiger partial charge < -0.3 is 14.7 Å². The van der Waals surface area contributed by atoms with Crippen molar-refractivity contribution in [3.8, 4) is 0 Å². The molecule has 0 amide bonds. The lowest BCUT2D eigenvalue weighted by molar-refractivity contribution is 0.618. The van der Waals surface area contributed by atoms with Gasteiger partial charge in [-0.25, -0.2) is 4.98 Å². The maximum atomic E-state index is 4.89. The van der Waals surface area contributed by atoms with E-state index in [2.05, 4.69) is 44.0 Å². The number of piperazine rings is 1. The summed E-state index contributed by atoms with van der Waals surface area (Å²) >= 11 is 0. The summed E-state index contributed by atoms with van der Waals surface area (Å²) in [6.07, 6.45) is 7.28. The van der Waals surface area contributed by atoms with E-state index in [-0.39, 0.29) is 0 Å². The standard InChI is InChI=1S/C21H29N7/c1-16-14-19(26-8-4-5-9-26)23-21(22-16)28-12-10-27(11-13-28)20-15-17-6-2-3-7-18(17)24-25-20/h14-15H,2-13H2,1H3. The second kappa shape index (κ2) is 7.53. The Morgan fingerprint density at radius 3 is 2.21 bits per heavy atom. The fraction of sp³-hybridized carbons (Fsp3) is 0.619. The lowest BCUT2D eigenvalue weighted by Crippen LogP contribution is -2.47. The van der Waals surface area contributed by atoms with E-state index >= 15 is 0 Å². The van der Waals surface area contributed by atoms with Gasteiger partial charge in [-0.3, -0.25) is 0 Å². The minimum Gasteiger partial charge on any atom is -0.356 e. The van der Waals surface area contributed by atoms with E-state index in [4.69, 9.17) is 9.97 Å². The summed E-state index contributed by atoms with van der Waals surface area (Å²) in [6, 6.07) is 4.39. The van der Waals surface area contributed by atoms with E-state index in [1.54, 1.807) is 0 Å². The minimum atomic E-state index is 0.873. The van der Waals surface area contributed by atoms with Crippen LogP contribution in [-0.2, 0) is 12.8 Å². The van der Waals surface area contributed by atoms with Crippen LogP contribution < -0.4 is 14.7 Å². The SMILES string of the molecule is Cc1cc(N2CCCC2)nc(N2CCN(c3cc4c(nn3)CCCC4)CC2)n1. The molecule has 2 aromatic rings. The molecular formula is C21H29N7. The second-order valence-corrected chi connectivity index (χ2v) is 8.22. The summed E-state index contributed by atoms with van der Waals surface area (Å²) in [4.78, 5) is 16.7. The van der Waals surface area contributed by atoms with Gasteiger partial charge in [-0.15, -0.1) is 5.10 Å². The zero-order valence-corrected chi connectivity index (χ0v) is 16.8. The van der Waals surface area contributed by atoms with Crippen LogP contribution in [0, 0.1) is 6.92 Å². The molecular weight excluding hydrogens is 350 g/mol. The van der Waals surface area contributed by atoms with Gasteiger partial charge in [-0.2, -0.15) is 10.1 Å². The van der Waals surface area contributed by atoms with E-state index < -0.39 is 0 Å². The summed E-state index contributed by atoms with van der Waals surface area (Å²) in [7, 11) is 0. The second-order valence-electron chi connectivity index (χ2n) is 8.22. The average molecular weight is 380 g/mol. The van der Waals surface area contributed by atoms with Crippen molar-refractivity contribution < 1.29 is 0 Å². The van der Waals surface area contributed by atoms with E-state index in [9.17, 15) is 0 Å². The lowest BCUT2D eigenvalue weighted by Gasteiger charge is -2.36. The number of aryl methyl sites for hydroxylation is 3. The Morgan fingerprint density at radius 1 is 0.679 bits per heavy atom. The molecule has 7 heteroatoms. The van der Waals surface area contributed by atoms with Crippen molar-refractivity contribution in [3.05, 3.63) is 29.1 Å². The first-order valence-electron chi connectivity index (χ1n) is 10.7. The first-order chi connectivity index (χ1) is 13.8. The lowest BCUT2D eigenvalue weighted by atomic mass is 9.97. The molecule has 2 fully saturated rings. The van der Waals surface area contributed by atoms with Crippen molar-refractivity contribution in [2.24, 2.45) is 0 Å². The van der Waals surface area contributed by atoms with Crippen molar-refractivity contribution in [1.82, 2.24) is 20.2 Å². The van der Waals surface area contributed by atoms with E-state index in [0.717, 1.165) is 75.4 Å². The molecule has 28 heavy (non-hydrogen) atoms. The molecule has 0 radical (unpaired) electrons. The number of rotatable bonds is 3. The van der Waals surface area contributed by atoms with Crippen molar-refractivity contribution in [1.29, 1.82) is 0 Å². The van der Waals surface area contributed by atoms with Gasteiger partial charge in [0.15, 0.2) is 5.82 Å². The summed E-state index contributed by atoms with van der Waals surface area (Å²) in [5.41, 5.74) is 3.65. The van der Waals surface area contributed by atoms with Crippen LogP contribution in [0.25, 0.3) is 0 Å². The number of nitrogens with zero attached hydrogens (tertiary/aromatic N) is 7. The Bertz CT molecular complexity index is 839. The zero-order valence-electron chi connectivity index (χ0n) is 16.8. The molecule has 0 bridgehead atoms. The number of hydrogen-bond donors (Lipinski definition) is 0. The Labute approximate surface area is 166 Å². The van der Waals surface area contributed by atoms with Crippen molar-refractivity contribution in [3.63, 3.8) is 0 Å². The predicted octanol–water partition coefficient (Wildman–Crippen LogP) is 2.38. The van der Waals surface area contributed by atoms with Gasteiger partial charge in [-0.05, 0) is 57.1 Å². The smallest absolute Gasteiger partial charge is 0.227 e. The molecule has 2 aromatic heterocycles. The van der Waals surface area contributed by atoms with Crippen molar-refractivity contribution >= 4 is 17.6 Å². The molecule has 7 nitrogen and oxygen atoms in total. The maximum absolute atomic E-state index is 4.89. The third-order valence-corrected chi connectivity index (χ3v) is 6.20. The van der Waals surface area contributed by atoms with Crippen LogP contribution in [0.4, 0.5) is 17.6 Å². The largest absolute Gasteiger partial charge is 0.356 e. The summed E-state index contributed by atoms with van der Waals surface area (Å²) < 4.78 is 0. The quantitative estimate of drug-likeness (QED) is 0.811. The molecule has 0 aromatic carbocycles. The van der Waals surface area contributed by atoms with Crippen molar-refractivity contribution in [2.45, 2.75) is 45.4 Å². The third-order valence-electron chi connectivity index (χ3n) is 6.20. The van der Waals surface area contributed by atoms with E-state index in [1.165, 1.54) is 36.9 Å². The summed E-state index contributed by atoms with van der Waals surface area (Å²) in [6.45, 7) is 8.00. The third kappa shape index (κ3) is 3.50. The van der Waals surface area contributed by atoms with Crippen LogP contribution in [0.1, 0.15) is 42.6 Å². The Morgan fingerprint density at radius 2 is 1.39 bits per heavy atom. The molecule has 0 unspecified atom stereocenters. The first kappa shape index (κ1) is 17.6. The Balaban J connectivity index is 1.28. The molecule has 4 heterocycles. The van der Waals surface area contributed by atoms with Crippen LogP contribution in [0.3, 0.4) is 0 Å². The Hall–Kier alpha value is -2.44. The number of fused-ring (bicyclic) bond motifs is 1. The van der Waals surface area contributed by atoms with Crippen LogP contribution in [0.5, 0.6) is 0 Å².